The van der Waals surface area contributed by atoms with Crippen LogP contribution in [-0.4, -0.2) is 31.6 Å². The molecule has 3 nitrogen and oxygen atoms in total. The molecule has 1 heterocycles. The average molecular weight is 298 g/mol. The van der Waals surface area contributed by atoms with Crippen LogP contribution in [-0.2, 0) is 4.74 Å². The summed E-state index contributed by atoms with van der Waals surface area (Å²) in [5, 5.41) is 3.16. The van der Waals surface area contributed by atoms with Crippen LogP contribution in [0.5, 0.6) is 0 Å². The van der Waals surface area contributed by atoms with Crippen molar-refractivity contribution in [1.82, 2.24) is 5.32 Å². The van der Waals surface area contributed by atoms with Crippen LogP contribution in [0.15, 0.2) is 28.7 Å². The van der Waals surface area contributed by atoms with E-state index in [2.05, 4.69) is 21.2 Å². The van der Waals surface area contributed by atoms with Gasteiger partial charge in [-0.05, 0) is 25.0 Å². The molecule has 1 aliphatic heterocycles. The van der Waals surface area contributed by atoms with Crippen LogP contribution in [0.25, 0.3) is 0 Å². The lowest BCUT2D eigenvalue weighted by molar-refractivity contribution is 0.0955. The van der Waals surface area contributed by atoms with Crippen LogP contribution in [0.3, 0.4) is 0 Å². The molecule has 1 atom stereocenters. The van der Waals surface area contributed by atoms with Gasteiger partial charge in [-0.15, -0.1) is 0 Å². The summed E-state index contributed by atoms with van der Waals surface area (Å²) in [6.07, 6.45) is 2.51. The highest BCUT2D eigenvalue weighted by Gasteiger charge is 2.15. The van der Waals surface area contributed by atoms with Gasteiger partial charge < -0.3 is 10.1 Å². The second-order valence-electron chi connectivity index (χ2n) is 4.20. The molecule has 17 heavy (non-hydrogen) atoms. The number of benzene rings is 1. The summed E-state index contributed by atoms with van der Waals surface area (Å²) in [4.78, 5) is 11.8. The van der Waals surface area contributed by atoms with Gasteiger partial charge in [-0.3, -0.25) is 4.79 Å². The number of hydrogen-bond donors (Lipinski definition) is 1. The third kappa shape index (κ3) is 3.91. The minimum absolute atomic E-state index is 0.115. The number of halogens is 1. The van der Waals surface area contributed by atoms with Crippen molar-refractivity contribution in [3.63, 3.8) is 0 Å². The van der Waals surface area contributed by atoms with Gasteiger partial charge in [-0.25, -0.2) is 0 Å². The number of rotatable bonds is 5. The first-order valence-electron chi connectivity index (χ1n) is 5.87. The molecular weight excluding hydrogens is 282 g/mol. The molecule has 1 saturated heterocycles. The molecule has 1 N–H and O–H groups in total. The Hall–Kier alpha value is -0.710. The quantitative estimate of drug-likeness (QED) is 0.848. The molecule has 2 rings (SSSR count). The predicted octanol–water partition coefficient (Wildman–Crippen LogP) is 2.40. The van der Waals surface area contributed by atoms with Crippen molar-refractivity contribution in [2.75, 3.05) is 19.7 Å². The molecule has 0 amide bonds. The SMILES string of the molecule is O=C(CNCC1CCCO1)c1cccc(Br)c1. The topological polar surface area (TPSA) is 38.3 Å². The number of carbonyl (C=O) groups is 1. The van der Waals surface area contributed by atoms with Crippen LogP contribution in [0.2, 0.25) is 0 Å². The molecule has 1 fully saturated rings. The van der Waals surface area contributed by atoms with Crippen LogP contribution < -0.4 is 5.32 Å². The number of ketones is 1. The van der Waals surface area contributed by atoms with Crippen molar-refractivity contribution in [2.45, 2.75) is 18.9 Å². The van der Waals surface area contributed by atoms with E-state index in [0.717, 1.165) is 36.0 Å². The van der Waals surface area contributed by atoms with E-state index in [1.54, 1.807) is 0 Å². The van der Waals surface area contributed by atoms with E-state index in [9.17, 15) is 4.79 Å². The lowest BCUT2D eigenvalue weighted by Gasteiger charge is -2.10. The standard InChI is InChI=1S/C13H16BrNO2/c14-11-4-1-3-10(7-11)13(16)9-15-8-12-5-2-6-17-12/h1,3-4,7,12,15H,2,5-6,8-9H2. The van der Waals surface area contributed by atoms with E-state index < -0.39 is 0 Å². The second-order valence-corrected chi connectivity index (χ2v) is 5.12. The Kier molecular flexibility index (Phi) is 4.71. The van der Waals surface area contributed by atoms with Crippen molar-refractivity contribution >= 4 is 21.7 Å². The van der Waals surface area contributed by atoms with Gasteiger partial charge in [0.2, 0.25) is 0 Å². The van der Waals surface area contributed by atoms with E-state index in [4.69, 9.17) is 4.74 Å². The molecule has 0 spiro atoms. The molecule has 1 aromatic rings. The van der Waals surface area contributed by atoms with Gasteiger partial charge in [-0.2, -0.15) is 0 Å². The van der Waals surface area contributed by atoms with E-state index in [1.165, 1.54) is 0 Å². The maximum Gasteiger partial charge on any atom is 0.176 e. The summed E-state index contributed by atoms with van der Waals surface area (Å²) in [6, 6.07) is 7.46. The summed E-state index contributed by atoms with van der Waals surface area (Å²) >= 11 is 3.36. The third-order valence-corrected chi connectivity index (χ3v) is 3.32. The molecule has 0 saturated carbocycles. The van der Waals surface area contributed by atoms with Crippen molar-refractivity contribution in [2.24, 2.45) is 0 Å². The molecule has 0 aliphatic carbocycles. The Morgan fingerprint density at radius 2 is 2.41 bits per heavy atom. The fourth-order valence-electron chi connectivity index (χ4n) is 1.92. The number of nitrogens with one attached hydrogen (secondary N) is 1. The van der Waals surface area contributed by atoms with Crippen LogP contribution >= 0.6 is 15.9 Å². The van der Waals surface area contributed by atoms with Gasteiger partial charge in [0.25, 0.3) is 0 Å². The van der Waals surface area contributed by atoms with Gasteiger partial charge in [0.15, 0.2) is 5.78 Å². The van der Waals surface area contributed by atoms with Crippen LogP contribution in [0.1, 0.15) is 23.2 Å². The Labute approximate surface area is 110 Å². The summed E-state index contributed by atoms with van der Waals surface area (Å²) < 4.78 is 6.41. The normalized spacial score (nSPS) is 19.5. The number of ether oxygens (including phenoxy) is 1. The Morgan fingerprint density at radius 3 is 3.12 bits per heavy atom. The first kappa shape index (κ1) is 12.7. The van der Waals surface area contributed by atoms with Gasteiger partial charge in [0.05, 0.1) is 12.6 Å². The van der Waals surface area contributed by atoms with E-state index in [1.807, 2.05) is 24.3 Å². The average Bonchev–Trinajstić information content (AvgIpc) is 2.82. The first-order chi connectivity index (χ1) is 8.25. The minimum atomic E-state index is 0.115. The van der Waals surface area contributed by atoms with Gasteiger partial charge in [0.1, 0.15) is 0 Å². The van der Waals surface area contributed by atoms with Gasteiger partial charge in [0, 0.05) is 23.2 Å². The zero-order valence-electron chi connectivity index (χ0n) is 9.62. The van der Waals surface area contributed by atoms with Crippen molar-refractivity contribution < 1.29 is 9.53 Å². The predicted molar refractivity (Wildman–Crippen MR) is 70.3 cm³/mol. The largest absolute Gasteiger partial charge is 0.377 e. The molecule has 0 bridgehead atoms. The summed E-state index contributed by atoms with van der Waals surface area (Å²) in [7, 11) is 0. The number of carbonyl (C=O) groups excluding carboxylic acids is 1. The first-order valence-corrected chi connectivity index (χ1v) is 6.66. The zero-order chi connectivity index (χ0) is 12.1. The lowest BCUT2D eigenvalue weighted by atomic mass is 10.1. The molecule has 4 heteroatoms. The van der Waals surface area contributed by atoms with Crippen molar-refractivity contribution in [3.8, 4) is 0 Å². The molecule has 0 radical (unpaired) electrons. The fraction of sp³-hybridized carbons (Fsp3) is 0.462. The van der Waals surface area contributed by atoms with Gasteiger partial charge >= 0.3 is 0 Å². The van der Waals surface area contributed by atoms with Crippen molar-refractivity contribution in [3.05, 3.63) is 34.3 Å². The fourth-order valence-corrected chi connectivity index (χ4v) is 2.32. The van der Waals surface area contributed by atoms with Crippen LogP contribution in [0, 0.1) is 0 Å². The smallest absolute Gasteiger partial charge is 0.176 e. The second kappa shape index (κ2) is 6.28. The van der Waals surface area contributed by atoms with E-state index in [0.29, 0.717) is 6.54 Å². The highest BCUT2D eigenvalue weighted by Crippen LogP contribution is 2.12. The van der Waals surface area contributed by atoms with Crippen LogP contribution in [0.4, 0.5) is 0 Å². The number of hydrogen-bond acceptors (Lipinski definition) is 3. The molecule has 92 valence electrons. The molecule has 1 aliphatic rings. The van der Waals surface area contributed by atoms with Gasteiger partial charge in [-0.1, -0.05) is 28.1 Å². The Balaban J connectivity index is 1.77. The lowest BCUT2D eigenvalue weighted by Crippen LogP contribution is -2.30. The Bertz CT molecular complexity index is 389. The zero-order valence-corrected chi connectivity index (χ0v) is 11.2. The van der Waals surface area contributed by atoms with Crippen molar-refractivity contribution in [1.29, 1.82) is 0 Å². The monoisotopic (exact) mass is 297 g/mol. The summed E-state index contributed by atoms with van der Waals surface area (Å²) in [6.45, 7) is 1.99. The number of Topliss-reactive ketones (excluding diaryl/α,β-unsaturated/α-hetero) is 1. The maximum absolute atomic E-state index is 11.8. The van der Waals surface area contributed by atoms with E-state index >= 15 is 0 Å². The van der Waals surface area contributed by atoms with E-state index in [-0.39, 0.29) is 11.9 Å². The highest BCUT2D eigenvalue weighted by atomic mass is 79.9. The highest BCUT2D eigenvalue weighted by molar-refractivity contribution is 9.10. The maximum atomic E-state index is 11.8. The summed E-state index contributed by atoms with van der Waals surface area (Å²) in [5.74, 6) is 0.115. The minimum Gasteiger partial charge on any atom is -0.377 e. The molecule has 1 unspecified atom stereocenters. The summed E-state index contributed by atoms with van der Waals surface area (Å²) in [5.41, 5.74) is 0.735. The Morgan fingerprint density at radius 1 is 1.53 bits per heavy atom. The third-order valence-electron chi connectivity index (χ3n) is 2.83. The molecular formula is C13H16BrNO2. The molecule has 1 aromatic carbocycles. The molecule has 0 aromatic heterocycles.